The van der Waals surface area contributed by atoms with Gasteiger partial charge in [0.25, 0.3) is 0 Å². The summed E-state index contributed by atoms with van der Waals surface area (Å²) in [7, 11) is 0. The van der Waals surface area contributed by atoms with Crippen LogP contribution in [0.25, 0.3) is 0 Å². The van der Waals surface area contributed by atoms with Gasteiger partial charge in [0, 0.05) is 13.1 Å². The third-order valence-corrected chi connectivity index (χ3v) is 3.45. The second-order valence-corrected chi connectivity index (χ2v) is 4.67. The first kappa shape index (κ1) is 10.6. The Balaban J connectivity index is 1.76. The molecule has 1 atom stereocenters. The van der Waals surface area contributed by atoms with Crippen LogP contribution in [0, 0.1) is 5.92 Å². The topological polar surface area (TPSA) is 41.1 Å². The summed E-state index contributed by atoms with van der Waals surface area (Å²) in [5, 5.41) is 10.3. The molecule has 0 aliphatic carbocycles. The summed E-state index contributed by atoms with van der Waals surface area (Å²) in [5.41, 5.74) is 1.19. The molecule has 82 valence electrons. The number of thiophene rings is 1. The summed E-state index contributed by atoms with van der Waals surface area (Å²) in [6.45, 7) is 2.54. The fourth-order valence-electron chi connectivity index (χ4n) is 1.80. The molecule has 0 unspecified atom stereocenters. The molecular formula is C11H16N2OS. The number of amides is 1. The fourth-order valence-corrected chi connectivity index (χ4v) is 2.47. The van der Waals surface area contributed by atoms with Crippen LogP contribution in [0.3, 0.4) is 0 Å². The van der Waals surface area contributed by atoms with Gasteiger partial charge in [0.05, 0.1) is 5.92 Å². The molecule has 2 rings (SSSR count). The van der Waals surface area contributed by atoms with Gasteiger partial charge in [-0.1, -0.05) is 0 Å². The van der Waals surface area contributed by atoms with Crippen LogP contribution in [0.5, 0.6) is 0 Å². The van der Waals surface area contributed by atoms with Gasteiger partial charge in [0.1, 0.15) is 0 Å². The van der Waals surface area contributed by atoms with E-state index < -0.39 is 0 Å². The summed E-state index contributed by atoms with van der Waals surface area (Å²) < 4.78 is 0. The minimum Gasteiger partial charge on any atom is -0.352 e. The van der Waals surface area contributed by atoms with Crippen LogP contribution < -0.4 is 10.6 Å². The maximum atomic E-state index is 11.7. The van der Waals surface area contributed by atoms with Crippen LogP contribution in [0.1, 0.15) is 18.4 Å². The highest BCUT2D eigenvalue weighted by atomic mass is 32.1. The molecule has 0 bridgehead atoms. The number of nitrogens with one attached hydrogen (secondary N) is 2. The molecule has 1 amide bonds. The van der Waals surface area contributed by atoms with E-state index in [9.17, 15) is 4.79 Å². The first-order valence-corrected chi connectivity index (χ1v) is 6.30. The molecule has 0 radical (unpaired) electrons. The molecule has 0 saturated carbocycles. The first-order chi connectivity index (χ1) is 7.36. The Bertz CT molecular complexity index is 304. The van der Waals surface area contributed by atoms with E-state index in [1.54, 1.807) is 11.3 Å². The van der Waals surface area contributed by atoms with Crippen molar-refractivity contribution in [1.29, 1.82) is 0 Å². The van der Waals surface area contributed by atoms with Crippen molar-refractivity contribution >= 4 is 17.2 Å². The molecule has 1 fully saturated rings. The first-order valence-electron chi connectivity index (χ1n) is 5.36. The van der Waals surface area contributed by atoms with Crippen LogP contribution in [-0.2, 0) is 11.3 Å². The zero-order valence-corrected chi connectivity index (χ0v) is 9.48. The van der Waals surface area contributed by atoms with Crippen molar-refractivity contribution in [1.82, 2.24) is 10.6 Å². The van der Waals surface area contributed by atoms with Gasteiger partial charge in [-0.25, -0.2) is 0 Å². The highest BCUT2D eigenvalue weighted by Crippen LogP contribution is 2.10. The van der Waals surface area contributed by atoms with Crippen LogP contribution >= 0.6 is 11.3 Å². The van der Waals surface area contributed by atoms with Crippen LogP contribution in [-0.4, -0.2) is 19.0 Å². The van der Waals surface area contributed by atoms with E-state index in [-0.39, 0.29) is 11.8 Å². The van der Waals surface area contributed by atoms with E-state index in [0.717, 1.165) is 25.9 Å². The summed E-state index contributed by atoms with van der Waals surface area (Å²) >= 11 is 1.66. The quantitative estimate of drug-likeness (QED) is 0.814. The van der Waals surface area contributed by atoms with E-state index in [0.29, 0.717) is 6.54 Å². The minimum absolute atomic E-state index is 0.164. The fraction of sp³-hybridized carbons (Fsp3) is 0.545. The number of piperidine rings is 1. The molecule has 0 aromatic carbocycles. The monoisotopic (exact) mass is 224 g/mol. The minimum atomic E-state index is 0.164. The van der Waals surface area contributed by atoms with Crippen LogP contribution in [0.4, 0.5) is 0 Å². The highest BCUT2D eigenvalue weighted by Gasteiger charge is 2.20. The van der Waals surface area contributed by atoms with E-state index in [4.69, 9.17) is 0 Å². The number of carbonyl (C=O) groups is 1. The van der Waals surface area contributed by atoms with Crippen molar-refractivity contribution in [3.8, 4) is 0 Å². The molecule has 0 spiro atoms. The number of hydrogen-bond acceptors (Lipinski definition) is 3. The predicted molar refractivity (Wildman–Crippen MR) is 61.8 cm³/mol. The van der Waals surface area contributed by atoms with Crippen molar-refractivity contribution in [3.63, 3.8) is 0 Å². The maximum absolute atomic E-state index is 11.7. The molecule has 15 heavy (non-hydrogen) atoms. The Morgan fingerprint density at radius 2 is 2.60 bits per heavy atom. The molecule has 2 heterocycles. The zero-order chi connectivity index (χ0) is 10.5. The number of hydrogen-bond donors (Lipinski definition) is 2. The normalized spacial score (nSPS) is 21.2. The van der Waals surface area contributed by atoms with Crippen molar-refractivity contribution < 1.29 is 4.79 Å². The van der Waals surface area contributed by atoms with Gasteiger partial charge in [-0.3, -0.25) is 4.79 Å². The summed E-state index contributed by atoms with van der Waals surface area (Å²) in [5.74, 6) is 0.353. The lowest BCUT2D eigenvalue weighted by molar-refractivity contribution is -0.125. The molecule has 1 aliphatic rings. The lowest BCUT2D eigenvalue weighted by Crippen LogP contribution is -2.40. The Labute approximate surface area is 93.9 Å². The number of rotatable bonds is 3. The Kier molecular flexibility index (Phi) is 3.75. The average Bonchev–Trinajstić information content (AvgIpc) is 2.80. The summed E-state index contributed by atoms with van der Waals surface area (Å²) in [6.07, 6.45) is 2.12. The Morgan fingerprint density at radius 3 is 3.27 bits per heavy atom. The molecule has 1 aromatic heterocycles. The van der Waals surface area contributed by atoms with E-state index >= 15 is 0 Å². The Hall–Kier alpha value is -0.870. The molecule has 1 aromatic rings. The van der Waals surface area contributed by atoms with Gasteiger partial charge in [0.15, 0.2) is 0 Å². The molecule has 1 saturated heterocycles. The van der Waals surface area contributed by atoms with Crippen LogP contribution in [0.15, 0.2) is 16.8 Å². The third-order valence-electron chi connectivity index (χ3n) is 2.71. The molecule has 2 N–H and O–H groups in total. The lowest BCUT2D eigenvalue weighted by atomic mass is 9.99. The maximum Gasteiger partial charge on any atom is 0.224 e. The summed E-state index contributed by atoms with van der Waals surface area (Å²) in [6, 6.07) is 2.05. The lowest BCUT2D eigenvalue weighted by Gasteiger charge is -2.21. The second kappa shape index (κ2) is 5.28. The van der Waals surface area contributed by atoms with Gasteiger partial charge in [-0.05, 0) is 41.8 Å². The molecule has 3 nitrogen and oxygen atoms in total. The molecule has 4 heteroatoms. The van der Waals surface area contributed by atoms with Gasteiger partial charge in [-0.2, -0.15) is 11.3 Å². The van der Waals surface area contributed by atoms with Gasteiger partial charge < -0.3 is 10.6 Å². The van der Waals surface area contributed by atoms with Crippen molar-refractivity contribution in [2.45, 2.75) is 19.4 Å². The Morgan fingerprint density at radius 1 is 1.67 bits per heavy atom. The third kappa shape index (κ3) is 3.04. The van der Waals surface area contributed by atoms with Crippen LogP contribution in [0.2, 0.25) is 0 Å². The SMILES string of the molecule is O=C(NCc1ccsc1)[C@@H]1CCCNC1. The van der Waals surface area contributed by atoms with Gasteiger partial charge >= 0.3 is 0 Å². The molecular weight excluding hydrogens is 208 g/mol. The van der Waals surface area contributed by atoms with E-state index in [1.165, 1.54) is 5.56 Å². The highest BCUT2D eigenvalue weighted by molar-refractivity contribution is 7.07. The van der Waals surface area contributed by atoms with E-state index in [1.807, 2.05) is 11.4 Å². The number of carbonyl (C=O) groups excluding carboxylic acids is 1. The van der Waals surface area contributed by atoms with E-state index in [2.05, 4.69) is 16.0 Å². The predicted octanol–water partition coefficient (Wildman–Crippen LogP) is 1.36. The standard InChI is InChI=1S/C11H16N2OS/c14-11(10-2-1-4-12-7-10)13-6-9-3-5-15-8-9/h3,5,8,10,12H,1-2,4,6-7H2,(H,13,14)/t10-/m1/s1. The van der Waals surface area contributed by atoms with Gasteiger partial charge in [-0.15, -0.1) is 0 Å². The van der Waals surface area contributed by atoms with Gasteiger partial charge in [0.2, 0.25) is 5.91 Å². The summed E-state index contributed by atoms with van der Waals surface area (Å²) in [4.78, 5) is 11.7. The second-order valence-electron chi connectivity index (χ2n) is 3.89. The average molecular weight is 224 g/mol. The smallest absolute Gasteiger partial charge is 0.224 e. The van der Waals surface area contributed by atoms with Crippen molar-refractivity contribution in [2.75, 3.05) is 13.1 Å². The van der Waals surface area contributed by atoms with Crippen molar-refractivity contribution in [2.24, 2.45) is 5.92 Å². The van der Waals surface area contributed by atoms with Crippen molar-refractivity contribution in [3.05, 3.63) is 22.4 Å². The zero-order valence-electron chi connectivity index (χ0n) is 8.66. The largest absolute Gasteiger partial charge is 0.352 e. The molecule has 1 aliphatic heterocycles.